The maximum atomic E-state index is 12.0. The summed E-state index contributed by atoms with van der Waals surface area (Å²) < 4.78 is 10.9. The number of imide groups is 2. The van der Waals surface area contributed by atoms with Crippen LogP contribution in [0.1, 0.15) is 25.7 Å². The number of benzene rings is 2. The molecule has 2 saturated heterocycles. The Morgan fingerprint density at radius 1 is 0.706 bits per heavy atom. The number of hydrogen-bond acceptors (Lipinski definition) is 10. The highest BCUT2D eigenvalue weighted by atomic mass is 16.7. The zero-order valence-electron chi connectivity index (χ0n) is 17.7. The second-order valence-electron chi connectivity index (χ2n) is 7.31. The van der Waals surface area contributed by atoms with Crippen LogP contribution in [0.5, 0.6) is 11.5 Å². The van der Waals surface area contributed by atoms with Gasteiger partial charge in [0.1, 0.15) is 11.5 Å². The Hall–Kier alpha value is -4.48. The van der Waals surface area contributed by atoms with Crippen LogP contribution in [0.4, 0.5) is 0 Å². The van der Waals surface area contributed by atoms with E-state index in [1.54, 1.807) is 36.4 Å². The van der Waals surface area contributed by atoms with Crippen LogP contribution < -0.4 is 9.47 Å². The molecule has 0 saturated carbocycles. The van der Waals surface area contributed by atoms with Gasteiger partial charge in [-0.2, -0.15) is 0 Å². The lowest BCUT2D eigenvalue weighted by atomic mass is 10.1. The molecule has 12 heteroatoms. The average Bonchev–Trinajstić information content (AvgIpc) is 3.31. The molecule has 176 valence electrons. The van der Waals surface area contributed by atoms with E-state index in [1.807, 2.05) is 0 Å². The van der Waals surface area contributed by atoms with Gasteiger partial charge in [-0.25, -0.2) is 9.59 Å². The quantitative estimate of drug-likeness (QED) is 0.508. The zero-order chi connectivity index (χ0) is 24.2. The van der Waals surface area contributed by atoms with Crippen molar-refractivity contribution in [3.63, 3.8) is 0 Å². The summed E-state index contributed by atoms with van der Waals surface area (Å²) in [5, 5.41) is 2.14. The fraction of sp³-hybridized carbons (Fsp3) is 0.273. The number of rotatable bonds is 8. The molecule has 2 heterocycles. The standard InChI is InChI=1S/C22H18N2O10/c25-17-6-7-18(26)23(17)33-21(29)11-31-14-5-4-13-2-1-3-16(15(13)10-14)32-12-22(30)34-24-19(27)8-9-20(24)28/h1-5,10H,6-9,11-12H2. The summed E-state index contributed by atoms with van der Waals surface area (Å²) in [4.78, 5) is 79.6. The van der Waals surface area contributed by atoms with Crippen molar-refractivity contribution in [3.05, 3.63) is 36.4 Å². The van der Waals surface area contributed by atoms with Crippen LogP contribution in [0.3, 0.4) is 0 Å². The lowest BCUT2D eigenvalue weighted by Crippen LogP contribution is -2.34. The minimum absolute atomic E-state index is 0.0153. The van der Waals surface area contributed by atoms with Gasteiger partial charge in [0.25, 0.3) is 23.6 Å². The topological polar surface area (TPSA) is 146 Å². The average molecular weight is 470 g/mol. The molecular weight excluding hydrogens is 452 g/mol. The molecule has 12 nitrogen and oxygen atoms in total. The SMILES string of the molecule is O=C(COc1ccc2cccc(OCC(=O)ON3C(=O)CCC3=O)c2c1)ON1C(=O)CCC1=O. The van der Waals surface area contributed by atoms with Crippen molar-refractivity contribution in [2.24, 2.45) is 0 Å². The number of carbonyl (C=O) groups is 6. The lowest BCUT2D eigenvalue weighted by molar-refractivity contribution is -0.198. The molecule has 2 aromatic rings. The third kappa shape index (κ3) is 4.95. The highest BCUT2D eigenvalue weighted by Gasteiger charge is 2.33. The van der Waals surface area contributed by atoms with Crippen LogP contribution in [0.25, 0.3) is 10.8 Å². The van der Waals surface area contributed by atoms with Crippen molar-refractivity contribution < 1.29 is 47.9 Å². The first kappa shape index (κ1) is 22.7. The van der Waals surface area contributed by atoms with Gasteiger partial charge >= 0.3 is 11.9 Å². The number of carbonyl (C=O) groups excluding carboxylic acids is 6. The van der Waals surface area contributed by atoms with E-state index in [-0.39, 0.29) is 37.2 Å². The molecule has 0 aromatic heterocycles. The van der Waals surface area contributed by atoms with Gasteiger partial charge in [0.05, 0.1) is 0 Å². The molecule has 0 aliphatic carbocycles. The monoisotopic (exact) mass is 470 g/mol. The number of hydrogen-bond donors (Lipinski definition) is 0. The van der Waals surface area contributed by atoms with E-state index in [4.69, 9.17) is 19.1 Å². The lowest BCUT2D eigenvalue weighted by Gasteiger charge is -2.14. The van der Waals surface area contributed by atoms with Gasteiger partial charge in [-0.1, -0.05) is 18.2 Å². The highest BCUT2D eigenvalue weighted by molar-refractivity contribution is 6.02. The van der Waals surface area contributed by atoms with Crippen molar-refractivity contribution in [2.45, 2.75) is 25.7 Å². The molecular formula is C22H18N2O10. The summed E-state index contributed by atoms with van der Waals surface area (Å²) in [5.41, 5.74) is 0. The van der Waals surface area contributed by atoms with Crippen molar-refractivity contribution in [1.82, 2.24) is 10.1 Å². The molecule has 4 rings (SSSR count). The van der Waals surface area contributed by atoms with Crippen molar-refractivity contribution >= 4 is 46.3 Å². The number of hydroxylamine groups is 4. The first-order valence-electron chi connectivity index (χ1n) is 10.2. The van der Waals surface area contributed by atoms with E-state index in [9.17, 15) is 28.8 Å². The number of fused-ring (bicyclic) bond motifs is 1. The third-order valence-electron chi connectivity index (χ3n) is 4.91. The van der Waals surface area contributed by atoms with Gasteiger partial charge in [-0.3, -0.25) is 19.2 Å². The molecule has 0 unspecified atom stereocenters. The summed E-state index contributed by atoms with van der Waals surface area (Å²) in [5.74, 6) is -3.69. The summed E-state index contributed by atoms with van der Waals surface area (Å²) in [6.45, 7) is -1.12. The van der Waals surface area contributed by atoms with Crippen LogP contribution in [0, 0.1) is 0 Å². The molecule has 2 aromatic carbocycles. The summed E-state index contributed by atoms with van der Waals surface area (Å²) in [6, 6.07) is 9.90. The Kier molecular flexibility index (Phi) is 6.39. The third-order valence-corrected chi connectivity index (χ3v) is 4.91. The predicted molar refractivity (Wildman–Crippen MR) is 109 cm³/mol. The summed E-state index contributed by atoms with van der Waals surface area (Å²) >= 11 is 0. The maximum Gasteiger partial charge on any atom is 0.370 e. The Morgan fingerprint density at radius 2 is 1.24 bits per heavy atom. The summed E-state index contributed by atoms with van der Waals surface area (Å²) in [7, 11) is 0. The van der Waals surface area contributed by atoms with Crippen LogP contribution >= 0.6 is 0 Å². The molecule has 0 spiro atoms. The molecule has 4 amide bonds. The molecule has 0 N–H and O–H groups in total. The molecule has 2 aliphatic rings. The Balaban J connectivity index is 1.37. The number of amides is 4. The minimum Gasteiger partial charge on any atom is -0.482 e. The number of nitrogens with zero attached hydrogens (tertiary/aromatic N) is 2. The van der Waals surface area contributed by atoms with E-state index in [1.165, 1.54) is 0 Å². The Morgan fingerprint density at radius 3 is 1.79 bits per heavy atom. The van der Waals surface area contributed by atoms with Crippen LogP contribution in [0.2, 0.25) is 0 Å². The molecule has 0 bridgehead atoms. The first-order chi connectivity index (χ1) is 16.3. The van der Waals surface area contributed by atoms with Gasteiger partial charge in [0.2, 0.25) is 0 Å². The molecule has 34 heavy (non-hydrogen) atoms. The van der Waals surface area contributed by atoms with Gasteiger partial charge in [-0.15, -0.1) is 10.1 Å². The van der Waals surface area contributed by atoms with Crippen LogP contribution in [0.15, 0.2) is 36.4 Å². The minimum atomic E-state index is -0.929. The van der Waals surface area contributed by atoms with Crippen LogP contribution in [-0.2, 0) is 38.4 Å². The smallest absolute Gasteiger partial charge is 0.370 e. The molecule has 0 atom stereocenters. The van der Waals surface area contributed by atoms with E-state index < -0.39 is 48.8 Å². The van der Waals surface area contributed by atoms with Gasteiger partial charge in [-0.05, 0) is 23.6 Å². The van der Waals surface area contributed by atoms with Gasteiger partial charge in [0, 0.05) is 31.1 Å². The van der Waals surface area contributed by atoms with E-state index in [0.717, 1.165) is 5.39 Å². The maximum absolute atomic E-state index is 12.0. The van der Waals surface area contributed by atoms with Gasteiger partial charge in [0.15, 0.2) is 13.2 Å². The fourth-order valence-corrected chi connectivity index (χ4v) is 3.29. The van der Waals surface area contributed by atoms with E-state index in [0.29, 0.717) is 15.5 Å². The normalized spacial score (nSPS) is 15.8. The zero-order valence-corrected chi connectivity index (χ0v) is 17.7. The molecule has 2 fully saturated rings. The van der Waals surface area contributed by atoms with Crippen molar-refractivity contribution in [1.29, 1.82) is 0 Å². The number of ether oxygens (including phenoxy) is 2. The highest BCUT2D eigenvalue weighted by Crippen LogP contribution is 2.29. The van der Waals surface area contributed by atoms with E-state index in [2.05, 4.69) is 0 Å². The van der Waals surface area contributed by atoms with Crippen molar-refractivity contribution in [3.8, 4) is 11.5 Å². The second-order valence-corrected chi connectivity index (χ2v) is 7.31. The Labute approximate surface area is 191 Å². The van der Waals surface area contributed by atoms with Crippen LogP contribution in [-0.4, -0.2) is 58.9 Å². The Bertz CT molecular complexity index is 1180. The van der Waals surface area contributed by atoms with Gasteiger partial charge < -0.3 is 19.1 Å². The molecule has 2 aliphatic heterocycles. The largest absolute Gasteiger partial charge is 0.482 e. The van der Waals surface area contributed by atoms with E-state index >= 15 is 0 Å². The summed E-state index contributed by atoms with van der Waals surface area (Å²) in [6.07, 6.45) is -0.0637. The first-order valence-corrected chi connectivity index (χ1v) is 10.2. The predicted octanol–water partition coefficient (Wildman–Crippen LogP) is 0.812. The molecule has 0 radical (unpaired) electrons. The van der Waals surface area contributed by atoms with Crippen molar-refractivity contribution in [2.75, 3.05) is 13.2 Å². The second kappa shape index (κ2) is 9.57. The fourth-order valence-electron chi connectivity index (χ4n) is 3.29.